The lowest BCUT2D eigenvalue weighted by atomic mass is 9.93. The molecule has 1 aromatic rings. The van der Waals surface area contributed by atoms with Crippen LogP contribution in [-0.2, 0) is 0 Å². The Morgan fingerprint density at radius 1 is 1.33 bits per heavy atom. The smallest absolute Gasteiger partial charge is 0.0611 e. The quantitative estimate of drug-likeness (QED) is 0.592. The summed E-state index contributed by atoms with van der Waals surface area (Å²) in [5, 5.41) is 10.4. The Morgan fingerprint density at radius 2 is 2.06 bits per heavy atom. The molecule has 0 aliphatic rings. The fourth-order valence-corrected chi connectivity index (χ4v) is 2.80. The second kappa shape index (κ2) is 7.61. The lowest BCUT2D eigenvalue weighted by molar-refractivity contribution is 0.182. The van der Waals surface area contributed by atoms with Crippen molar-refractivity contribution in [3.8, 4) is 0 Å². The first-order chi connectivity index (χ1) is 8.50. The molecule has 0 saturated carbocycles. The number of aliphatic hydroxyl groups excluding tert-OH is 1. The summed E-state index contributed by atoms with van der Waals surface area (Å²) in [6.07, 6.45) is 2.59. The predicted octanol–water partition coefficient (Wildman–Crippen LogP) is 3.97. The van der Waals surface area contributed by atoms with Crippen molar-refractivity contribution in [2.24, 2.45) is 5.73 Å². The third-order valence-electron chi connectivity index (χ3n) is 3.00. The van der Waals surface area contributed by atoms with Crippen molar-refractivity contribution in [3.63, 3.8) is 0 Å². The van der Waals surface area contributed by atoms with Crippen LogP contribution in [0.3, 0.4) is 0 Å². The van der Waals surface area contributed by atoms with E-state index in [9.17, 15) is 5.11 Å². The van der Waals surface area contributed by atoms with E-state index in [1.54, 1.807) is 17.8 Å². The van der Waals surface area contributed by atoms with Crippen molar-refractivity contribution in [3.05, 3.63) is 28.2 Å². The third-order valence-corrected chi connectivity index (χ3v) is 4.82. The van der Waals surface area contributed by atoms with Crippen LogP contribution < -0.4 is 5.73 Å². The first kappa shape index (κ1) is 16.1. The van der Waals surface area contributed by atoms with Gasteiger partial charge in [0.05, 0.1) is 16.7 Å². The minimum atomic E-state index is -0.432. The molecule has 3 N–H and O–H groups in total. The van der Waals surface area contributed by atoms with Gasteiger partial charge in [-0.05, 0) is 43.2 Å². The third kappa shape index (κ3) is 4.98. The van der Waals surface area contributed by atoms with Crippen molar-refractivity contribution < 1.29 is 5.11 Å². The summed E-state index contributed by atoms with van der Waals surface area (Å²) in [5.74, 6) is 0.955. The number of rotatable bonds is 7. The average molecular weight is 308 g/mol. The second-order valence-electron chi connectivity index (χ2n) is 4.40. The molecule has 1 unspecified atom stereocenters. The summed E-state index contributed by atoms with van der Waals surface area (Å²) in [7, 11) is 0. The Labute approximate surface area is 123 Å². The van der Waals surface area contributed by atoms with Gasteiger partial charge in [0.15, 0.2) is 0 Å². The highest BCUT2D eigenvalue weighted by atomic mass is 35.5. The number of thioether (sulfide) groups is 1. The van der Waals surface area contributed by atoms with E-state index in [-0.39, 0.29) is 6.61 Å². The summed E-state index contributed by atoms with van der Waals surface area (Å²) < 4.78 is 0. The topological polar surface area (TPSA) is 46.2 Å². The highest BCUT2D eigenvalue weighted by Gasteiger charge is 2.20. The molecule has 1 rings (SSSR count). The molecule has 5 heteroatoms. The van der Waals surface area contributed by atoms with Crippen LogP contribution in [0.2, 0.25) is 10.0 Å². The summed E-state index contributed by atoms with van der Waals surface area (Å²) in [5.41, 5.74) is 5.59. The van der Waals surface area contributed by atoms with E-state index in [4.69, 9.17) is 28.9 Å². The van der Waals surface area contributed by atoms with Gasteiger partial charge in [-0.25, -0.2) is 0 Å². The van der Waals surface area contributed by atoms with Gasteiger partial charge in [-0.15, -0.1) is 11.8 Å². The Balaban J connectivity index is 2.36. The van der Waals surface area contributed by atoms with Gasteiger partial charge < -0.3 is 10.8 Å². The van der Waals surface area contributed by atoms with E-state index in [1.165, 1.54) is 0 Å². The molecule has 0 fully saturated rings. The molecule has 18 heavy (non-hydrogen) atoms. The molecule has 1 atom stereocenters. The van der Waals surface area contributed by atoms with Crippen LogP contribution in [0, 0.1) is 0 Å². The zero-order valence-corrected chi connectivity index (χ0v) is 12.8. The molecule has 0 aromatic heterocycles. The first-order valence-corrected chi connectivity index (χ1v) is 7.72. The number of hydrogen-bond acceptors (Lipinski definition) is 3. The van der Waals surface area contributed by atoms with E-state index in [1.807, 2.05) is 19.1 Å². The van der Waals surface area contributed by atoms with Gasteiger partial charge in [0.2, 0.25) is 0 Å². The maximum absolute atomic E-state index is 9.20. The Hall–Kier alpha value is 0.0700. The Morgan fingerprint density at radius 3 is 2.61 bits per heavy atom. The molecule has 2 nitrogen and oxygen atoms in total. The molecule has 102 valence electrons. The van der Waals surface area contributed by atoms with E-state index in [0.717, 1.165) is 29.9 Å². The fourth-order valence-electron chi connectivity index (χ4n) is 1.55. The number of halogens is 2. The lowest BCUT2D eigenvalue weighted by Crippen LogP contribution is -2.42. The first-order valence-electron chi connectivity index (χ1n) is 5.98. The van der Waals surface area contributed by atoms with Crippen LogP contribution in [0.15, 0.2) is 23.1 Å². The average Bonchev–Trinajstić information content (AvgIpc) is 2.38. The van der Waals surface area contributed by atoms with Gasteiger partial charge in [0.1, 0.15) is 0 Å². The summed E-state index contributed by atoms with van der Waals surface area (Å²) in [4.78, 5) is 1.10. The molecule has 0 heterocycles. The maximum Gasteiger partial charge on any atom is 0.0611 e. The normalized spacial score (nSPS) is 14.5. The van der Waals surface area contributed by atoms with Crippen molar-refractivity contribution in [1.29, 1.82) is 0 Å². The number of hydrogen-bond donors (Lipinski definition) is 2. The van der Waals surface area contributed by atoms with Gasteiger partial charge in [-0.3, -0.25) is 0 Å². The van der Waals surface area contributed by atoms with E-state index >= 15 is 0 Å². The summed E-state index contributed by atoms with van der Waals surface area (Å²) in [6.45, 7) is 2.04. The predicted molar refractivity (Wildman–Crippen MR) is 80.7 cm³/mol. The van der Waals surface area contributed by atoms with E-state index < -0.39 is 5.54 Å². The zero-order valence-electron chi connectivity index (χ0n) is 10.5. The Bertz CT molecular complexity index is 383. The number of aliphatic hydroxyl groups is 1. The molecule has 0 aliphatic carbocycles. The molecule has 0 saturated heterocycles. The van der Waals surface area contributed by atoms with Gasteiger partial charge in [0.25, 0.3) is 0 Å². The minimum Gasteiger partial charge on any atom is -0.394 e. The van der Waals surface area contributed by atoms with Gasteiger partial charge >= 0.3 is 0 Å². The van der Waals surface area contributed by atoms with Gasteiger partial charge in [0, 0.05) is 10.4 Å². The van der Waals surface area contributed by atoms with Crippen LogP contribution in [0.4, 0.5) is 0 Å². The molecule has 0 bridgehead atoms. The molecule has 0 amide bonds. The monoisotopic (exact) mass is 307 g/mol. The van der Waals surface area contributed by atoms with Crippen LogP contribution in [0.1, 0.15) is 26.2 Å². The molecular weight excluding hydrogens is 289 g/mol. The van der Waals surface area contributed by atoms with Crippen LogP contribution >= 0.6 is 35.0 Å². The summed E-state index contributed by atoms with van der Waals surface area (Å²) >= 11 is 13.5. The van der Waals surface area contributed by atoms with Crippen molar-refractivity contribution >= 4 is 35.0 Å². The van der Waals surface area contributed by atoms with Crippen LogP contribution in [0.25, 0.3) is 0 Å². The summed E-state index contributed by atoms with van der Waals surface area (Å²) in [6, 6.07) is 5.63. The second-order valence-corrected chi connectivity index (χ2v) is 6.38. The maximum atomic E-state index is 9.20. The molecule has 0 aliphatic heterocycles. The van der Waals surface area contributed by atoms with E-state index in [2.05, 4.69) is 0 Å². The van der Waals surface area contributed by atoms with Crippen molar-refractivity contribution in [2.75, 3.05) is 12.4 Å². The highest BCUT2D eigenvalue weighted by Crippen LogP contribution is 2.28. The Kier molecular flexibility index (Phi) is 6.82. The zero-order chi connectivity index (χ0) is 13.6. The van der Waals surface area contributed by atoms with Gasteiger partial charge in [-0.2, -0.15) is 0 Å². The van der Waals surface area contributed by atoms with Crippen LogP contribution in [0.5, 0.6) is 0 Å². The highest BCUT2D eigenvalue weighted by molar-refractivity contribution is 7.99. The molecule has 0 spiro atoms. The molecule has 0 radical (unpaired) electrons. The van der Waals surface area contributed by atoms with E-state index in [0.29, 0.717) is 10.0 Å². The minimum absolute atomic E-state index is 0.0426. The molecular formula is C13H19Cl2NOS. The standard InChI is InChI=1S/C13H19Cl2NOS/c1-2-13(16,9-17)6-3-7-18-10-4-5-11(14)12(15)8-10/h4-5,8,17H,2-3,6-7,9,16H2,1H3. The lowest BCUT2D eigenvalue weighted by Gasteiger charge is -2.25. The van der Waals surface area contributed by atoms with Crippen LogP contribution in [-0.4, -0.2) is 23.0 Å². The van der Waals surface area contributed by atoms with Gasteiger partial charge in [-0.1, -0.05) is 30.1 Å². The fraction of sp³-hybridized carbons (Fsp3) is 0.538. The molecule has 1 aromatic carbocycles. The number of nitrogens with two attached hydrogens (primary N) is 1. The van der Waals surface area contributed by atoms with Crippen molar-refractivity contribution in [1.82, 2.24) is 0 Å². The SMILES string of the molecule is CCC(N)(CO)CCCSc1ccc(Cl)c(Cl)c1. The largest absolute Gasteiger partial charge is 0.394 e. The van der Waals surface area contributed by atoms with Crippen molar-refractivity contribution in [2.45, 2.75) is 36.6 Å². The number of benzene rings is 1.